The summed E-state index contributed by atoms with van der Waals surface area (Å²) in [4.78, 5) is 14.0. The van der Waals surface area contributed by atoms with Crippen molar-refractivity contribution in [3.05, 3.63) is 28.7 Å². The molecule has 0 aromatic heterocycles. The number of amides is 1. The SMILES string of the molecule is CC(C)(C)OC(=O)N1CCCC1CNc1ccc(Br)cc1. The van der Waals surface area contributed by atoms with Gasteiger partial charge in [0.15, 0.2) is 0 Å². The first kappa shape index (κ1) is 16.1. The maximum absolute atomic E-state index is 12.2. The molecule has 1 fully saturated rings. The zero-order chi connectivity index (χ0) is 15.5. The van der Waals surface area contributed by atoms with Crippen molar-refractivity contribution in [2.75, 3.05) is 18.4 Å². The summed E-state index contributed by atoms with van der Waals surface area (Å²) < 4.78 is 6.53. The molecule has 1 aromatic carbocycles. The molecule has 116 valence electrons. The summed E-state index contributed by atoms with van der Waals surface area (Å²) in [5, 5.41) is 3.39. The third-order valence-corrected chi connectivity index (χ3v) is 3.92. The Morgan fingerprint density at radius 1 is 1.38 bits per heavy atom. The molecule has 0 radical (unpaired) electrons. The second-order valence-electron chi connectivity index (χ2n) is 6.36. The number of halogens is 1. The molecule has 1 saturated heterocycles. The van der Waals surface area contributed by atoms with E-state index < -0.39 is 5.60 Å². The maximum atomic E-state index is 12.2. The summed E-state index contributed by atoms with van der Waals surface area (Å²) >= 11 is 3.42. The fourth-order valence-electron chi connectivity index (χ4n) is 2.41. The van der Waals surface area contributed by atoms with Crippen LogP contribution in [0.15, 0.2) is 28.7 Å². The van der Waals surface area contributed by atoms with E-state index in [0.717, 1.165) is 36.1 Å². The van der Waals surface area contributed by atoms with E-state index in [1.54, 1.807) is 0 Å². The van der Waals surface area contributed by atoms with Gasteiger partial charge in [-0.3, -0.25) is 0 Å². The van der Waals surface area contributed by atoms with E-state index >= 15 is 0 Å². The number of anilines is 1. The van der Waals surface area contributed by atoms with Crippen LogP contribution in [0.1, 0.15) is 33.6 Å². The first-order valence-corrected chi connectivity index (χ1v) is 8.13. The highest BCUT2D eigenvalue weighted by molar-refractivity contribution is 9.10. The molecule has 21 heavy (non-hydrogen) atoms. The van der Waals surface area contributed by atoms with Crippen LogP contribution in [-0.4, -0.2) is 35.7 Å². The van der Waals surface area contributed by atoms with E-state index in [1.807, 2.05) is 49.9 Å². The predicted molar refractivity (Wildman–Crippen MR) is 88.6 cm³/mol. The second kappa shape index (κ2) is 6.69. The predicted octanol–water partition coefficient (Wildman–Crippen LogP) is 4.26. The van der Waals surface area contributed by atoms with Crippen molar-refractivity contribution in [1.29, 1.82) is 0 Å². The number of hydrogen-bond donors (Lipinski definition) is 1. The molecule has 1 aliphatic rings. The number of hydrogen-bond acceptors (Lipinski definition) is 3. The van der Waals surface area contributed by atoms with E-state index in [0.29, 0.717) is 0 Å². The Morgan fingerprint density at radius 2 is 2.05 bits per heavy atom. The molecule has 1 aliphatic heterocycles. The Morgan fingerprint density at radius 3 is 2.67 bits per heavy atom. The molecular weight excluding hydrogens is 332 g/mol. The maximum Gasteiger partial charge on any atom is 0.410 e. The van der Waals surface area contributed by atoms with Gasteiger partial charge in [0.05, 0.1) is 6.04 Å². The Kier molecular flexibility index (Phi) is 5.14. The van der Waals surface area contributed by atoms with Crippen LogP contribution >= 0.6 is 15.9 Å². The molecule has 2 rings (SSSR count). The molecule has 0 aliphatic carbocycles. The topological polar surface area (TPSA) is 41.6 Å². The van der Waals surface area contributed by atoms with Crippen LogP contribution in [0, 0.1) is 0 Å². The number of ether oxygens (including phenoxy) is 1. The van der Waals surface area contributed by atoms with Gasteiger partial charge in [-0.2, -0.15) is 0 Å². The third-order valence-electron chi connectivity index (χ3n) is 3.39. The number of rotatable bonds is 3. The Labute approximate surface area is 135 Å². The zero-order valence-corrected chi connectivity index (χ0v) is 14.4. The Balaban J connectivity index is 1.90. The molecule has 1 amide bonds. The van der Waals surface area contributed by atoms with E-state index in [4.69, 9.17) is 4.74 Å². The van der Waals surface area contributed by atoms with Crippen LogP contribution in [0.2, 0.25) is 0 Å². The van der Waals surface area contributed by atoms with Gasteiger partial charge in [0.25, 0.3) is 0 Å². The van der Waals surface area contributed by atoms with Crippen LogP contribution in [-0.2, 0) is 4.74 Å². The van der Waals surface area contributed by atoms with Crippen LogP contribution in [0.5, 0.6) is 0 Å². The van der Waals surface area contributed by atoms with Crippen molar-refractivity contribution in [3.8, 4) is 0 Å². The van der Waals surface area contributed by atoms with Gasteiger partial charge < -0.3 is 15.0 Å². The summed E-state index contributed by atoms with van der Waals surface area (Å²) in [6.45, 7) is 7.23. The highest BCUT2D eigenvalue weighted by Gasteiger charge is 2.31. The fraction of sp³-hybridized carbons (Fsp3) is 0.562. The molecule has 1 unspecified atom stereocenters. The summed E-state index contributed by atoms with van der Waals surface area (Å²) in [6.07, 6.45) is 1.84. The summed E-state index contributed by atoms with van der Waals surface area (Å²) in [6, 6.07) is 8.25. The van der Waals surface area contributed by atoms with Crippen molar-refractivity contribution < 1.29 is 9.53 Å². The van der Waals surface area contributed by atoms with Gasteiger partial charge in [-0.1, -0.05) is 15.9 Å². The van der Waals surface area contributed by atoms with Crippen molar-refractivity contribution >= 4 is 27.7 Å². The molecule has 1 atom stereocenters. The number of carbonyl (C=O) groups excluding carboxylic acids is 1. The largest absolute Gasteiger partial charge is 0.444 e. The van der Waals surface area contributed by atoms with Crippen molar-refractivity contribution in [1.82, 2.24) is 4.90 Å². The molecule has 1 aromatic rings. The fourth-order valence-corrected chi connectivity index (χ4v) is 2.68. The number of carbonyl (C=O) groups is 1. The summed E-state index contributed by atoms with van der Waals surface area (Å²) in [5.41, 5.74) is 0.623. The van der Waals surface area contributed by atoms with Crippen LogP contribution in [0.25, 0.3) is 0 Å². The third kappa shape index (κ3) is 4.92. The lowest BCUT2D eigenvalue weighted by Crippen LogP contribution is -2.42. The minimum Gasteiger partial charge on any atom is -0.444 e. The van der Waals surface area contributed by atoms with Crippen LogP contribution in [0.4, 0.5) is 10.5 Å². The minimum atomic E-state index is -0.441. The highest BCUT2D eigenvalue weighted by Crippen LogP contribution is 2.22. The van der Waals surface area contributed by atoms with E-state index in [-0.39, 0.29) is 12.1 Å². The van der Waals surface area contributed by atoms with Crippen LogP contribution < -0.4 is 5.32 Å². The monoisotopic (exact) mass is 354 g/mol. The van der Waals surface area contributed by atoms with E-state index in [1.165, 1.54) is 0 Å². The van der Waals surface area contributed by atoms with Gasteiger partial charge in [0.2, 0.25) is 0 Å². The second-order valence-corrected chi connectivity index (χ2v) is 7.27. The molecular formula is C16H23BrN2O2. The molecule has 4 nitrogen and oxygen atoms in total. The molecule has 0 spiro atoms. The lowest BCUT2D eigenvalue weighted by Gasteiger charge is -2.28. The zero-order valence-electron chi connectivity index (χ0n) is 12.9. The molecule has 1 heterocycles. The smallest absolute Gasteiger partial charge is 0.410 e. The highest BCUT2D eigenvalue weighted by atomic mass is 79.9. The molecule has 0 bridgehead atoms. The van der Waals surface area contributed by atoms with E-state index in [2.05, 4.69) is 21.2 Å². The molecule has 0 saturated carbocycles. The first-order chi connectivity index (χ1) is 9.85. The van der Waals surface area contributed by atoms with Crippen LogP contribution in [0.3, 0.4) is 0 Å². The number of likely N-dealkylation sites (tertiary alicyclic amines) is 1. The average Bonchev–Trinajstić information content (AvgIpc) is 2.84. The average molecular weight is 355 g/mol. The Bertz CT molecular complexity index is 482. The lowest BCUT2D eigenvalue weighted by molar-refractivity contribution is 0.0235. The van der Waals surface area contributed by atoms with Gasteiger partial charge in [0.1, 0.15) is 5.60 Å². The molecule has 5 heteroatoms. The minimum absolute atomic E-state index is 0.198. The van der Waals surface area contributed by atoms with Crippen molar-refractivity contribution in [2.24, 2.45) is 0 Å². The van der Waals surface area contributed by atoms with E-state index in [9.17, 15) is 4.79 Å². The van der Waals surface area contributed by atoms with Crippen molar-refractivity contribution in [3.63, 3.8) is 0 Å². The van der Waals surface area contributed by atoms with Gasteiger partial charge in [0, 0.05) is 23.2 Å². The number of benzene rings is 1. The first-order valence-electron chi connectivity index (χ1n) is 7.34. The van der Waals surface area contributed by atoms with Gasteiger partial charge in [-0.15, -0.1) is 0 Å². The summed E-state index contributed by atoms with van der Waals surface area (Å²) in [5.74, 6) is 0. The van der Waals surface area contributed by atoms with Crippen molar-refractivity contribution in [2.45, 2.75) is 45.3 Å². The lowest BCUT2D eigenvalue weighted by atomic mass is 10.2. The van der Waals surface area contributed by atoms with Gasteiger partial charge in [-0.25, -0.2) is 4.79 Å². The number of nitrogens with one attached hydrogen (secondary N) is 1. The van der Waals surface area contributed by atoms with Gasteiger partial charge >= 0.3 is 6.09 Å². The normalized spacial score (nSPS) is 18.7. The quantitative estimate of drug-likeness (QED) is 0.881. The molecule has 1 N–H and O–H groups in total. The Hall–Kier alpha value is -1.23. The van der Waals surface area contributed by atoms with Gasteiger partial charge in [-0.05, 0) is 57.9 Å². The number of nitrogens with zero attached hydrogens (tertiary/aromatic N) is 1. The summed E-state index contributed by atoms with van der Waals surface area (Å²) in [7, 11) is 0. The standard InChI is InChI=1S/C16H23BrN2O2/c1-16(2,3)21-15(20)19-10-4-5-14(19)11-18-13-8-6-12(17)7-9-13/h6-9,14,18H,4-5,10-11H2,1-3H3.